The number of aryl methyl sites for hydroxylation is 1. The first kappa shape index (κ1) is 20.3. The number of hydrogen-bond acceptors (Lipinski definition) is 2. The number of carbonyl (C=O) groups excluding carboxylic acids is 2. The zero-order valence-electron chi connectivity index (χ0n) is 17.1. The maximum Gasteiger partial charge on any atom is 0.272 e. The highest BCUT2D eigenvalue weighted by Gasteiger charge is 2.16. The van der Waals surface area contributed by atoms with Gasteiger partial charge in [0.1, 0.15) is 11.5 Å². The van der Waals surface area contributed by atoms with Crippen LogP contribution in [-0.4, -0.2) is 16.4 Å². The molecule has 4 rings (SSSR count). The van der Waals surface area contributed by atoms with Crippen LogP contribution in [0, 0.1) is 5.82 Å². The largest absolute Gasteiger partial charge is 0.336 e. The van der Waals surface area contributed by atoms with E-state index in [0.29, 0.717) is 23.5 Å². The van der Waals surface area contributed by atoms with Crippen molar-refractivity contribution in [3.8, 4) is 0 Å². The molecule has 0 fully saturated rings. The molecule has 2 amide bonds. The average Bonchev–Trinajstić information content (AvgIpc) is 3.13. The monoisotopic (exact) mass is 415 g/mol. The third-order valence-electron chi connectivity index (χ3n) is 4.98. The first-order valence-corrected chi connectivity index (χ1v) is 10.1. The summed E-state index contributed by atoms with van der Waals surface area (Å²) in [6, 6.07) is 22.0. The summed E-state index contributed by atoms with van der Waals surface area (Å²) in [5.41, 5.74) is 3.18. The van der Waals surface area contributed by atoms with Gasteiger partial charge in [-0.05, 0) is 67.1 Å². The molecule has 0 saturated heterocycles. The SMILES string of the molecule is CCCn1c(C(=O)Nc2ccccc2)cc2cc(NC(=O)c3ccc(F)cc3)ccc21. The van der Waals surface area contributed by atoms with E-state index in [0.717, 1.165) is 23.0 Å². The summed E-state index contributed by atoms with van der Waals surface area (Å²) in [6.07, 6.45) is 0.873. The molecule has 1 aromatic heterocycles. The summed E-state index contributed by atoms with van der Waals surface area (Å²) in [5.74, 6) is -0.904. The molecule has 156 valence electrons. The molecule has 0 radical (unpaired) electrons. The number of aromatic nitrogens is 1. The van der Waals surface area contributed by atoms with E-state index in [4.69, 9.17) is 0 Å². The van der Waals surface area contributed by atoms with Crippen molar-refractivity contribution in [1.29, 1.82) is 0 Å². The second kappa shape index (κ2) is 8.83. The molecule has 0 atom stereocenters. The van der Waals surface area contributed by atoms with Crippen molar-refractivity contribution in [3.63, 3.8) is 0 Å². The molecular weight excluding hydrogens is 393 g/mol. The van der Waals surface area contributed by atoms with Gasteiger partial charge in [0.25, 0.3) is 11.8 Å². The number of carbonyl (C=O) groups is 2. The molecule has 0 saturated carbocycles. The molecule has 0 aliphatic heterocycles. The zero-order chi connectivity index (χ0) is 21.8. The van der Waals surface area contributed by atoms with Crippen molar-refractivity contribution >= 4 is 34.1 Å². The van der Waals surface area contributed by atoms with Gasteiger partial charge in [0.2, 0.25) is 0 Å². The minimum absolute atomic E-state index is 0.187. The molecule has 0 unspecified atom stereocenters. The van der Waals surface area contributed by atoms with Crippen molar-refractivity contribution in [2.24, 2.45) is 0 Å². The third-order valence-corrected chi connectivity index (χ3v) is 4.98. The minimum atomic E-state index is -0.392. The summed E-state index contributed by atoms with van der Waals surface area (Å²) in [6.45, 7) is 2.75. The van der Waals surface area contributed by atoms with E-state index < -0.39 is 5.82 Å². The molecule has 4 aromatic rings. The molecule has 0 aliphatic rings. The Morgan fingerprint density at radius 2 is 1.55 bits per heavy atom. The van der Waals surface area contributed by atoms with E-state index in [1.54, 1.807) is 6.07 Å². The lowest BCUT2D eigenvalue weighted by molar-refractivity contribution is 0.101. The van der Waals surface area contributed by atoms with Gasteiger partial charge in [0, 0.05) is 34.4 Å². The first-order valence-electron chi connectivity index (χ1n) is 10.1. The van der Waals surface area contributed by atoms with E-state index in [2.05, 4.69) is 17.6 Å². The number of fused-ring (bicyclic) bond motifs is 1. The van der Waals surface area contributed by atoms with E-state index in [9.17, 15) is 14.0 Å². The van der Waals surface area contributed by atoms with Gasteiger partial charge in [0.15, 0.2) is 0 Å². The predicted molar refractivity (Wildman–Crippen MR) is 121 cm³/mol. The second-order valence-electron chi connectivity index (χ2n) is 7.24. The van der Waals surface area contributed by atoms with Crippen LogP contribution in [0.2, 0.25) is 0 Å². The van der Waals surface area contributed by atoms with Crippen LogP contribution >= 0.6 is 0 Å². The van der Waals surface area contributed by atoms with Crippen LogP contribution < -0.4 is 10.6 Å². The summed E-state index contributed by atoms with van der Waals surface area (Å²) in [4.78, 5) is 25.4. The molecule has 0 aliphatic carbocycles. The summed E-state index contributed by atoms with van der Waals surface area (Å²) in [7, 11) is 0. The number of rotatable bonds is 6. The van der Waals surface area contributed by atoms with Crippen LogP contribution in [-0.2, 0) is 6.54 Å². The van der Waals surface area contributed by atoms with E-state index >= 15 is 0 Å². The smallest absolute Gasteiger partial charge is 0.272 e. The summed E-state index contributed by atoms with van der Waals surface area (Å²) in [5, 5.41) is 6.61. The minimum Gasteiger partial charge on any atom is -0.336 e. The molecule has 0 bridgehead atoms. The van der Waals surface area contributed by atoms with Gasteiger partial charge in [-0.25, -0.2) is 4.39 Å². The van der Waals surface area contributed by atoms with Crippen molar-refractivity contribution in [2.75, 3.05) is 10.6 Å². The van der Waals surface area contributed by atoms with E-state index in [1.165, 1.54) is 24.3 Å². The van der Waals surface area contributed by atoms with Gasteiger partial charge in [-0.2, -0.15) is 0 Å². The Kier molecular flexibility index (Phi) is 5.80. The van der Waals surface area contributed by atoms with Gasteiger partial charge in [-0.3, -0.25) is 9.59 Å². The van der Waals surface area contributed by atoms with Crippen LogP contribution in [0.4, 0.5) is 15.8 Å². The topological polar surface area (TPSA) is 63.1 Å². The summed E-state index contributed by atoms with van der Waals surface area (Å²) < 4.78 is 15.1. The molecule has 31 heavy (non-hydrogen) atoms. The predicted octanol–water partition coefficient (Wildman–Crippen LogP) is 5.70. The van der Waals surface area contributed by atoms with Gasteiger partial charge in [0.05, 0.1) is 0 Å². The quantitative estimate of drug-likeness (QED) is 0.425. The van der Waals surface area contributed by atoms with Gasteiger partial charge < -0.3 is 15.2 Å². The van der Waals surface area contributed by atoms with Gasteiger partial charge >= 0.3 is 0 Å². The average molecular weight is 415 g/mol. The fourth-order valence-corrected chi connectivity index (χ4v) is 3.52. The van der Waals surface area contributed by atoms with Crippen molar-refractivity contribution in [3.05, 3.63) is 95.9 Å². The lowest BCUT2D eigenvalue weighted by atomic mass is 10.2. The molecular formula is C25H22FN3O2. The van der Waals surface area contributed by atoms with E-state index in [-0.39, 0.29) is 11.8 Å². The number of anilines is 2. The van der Waals surface area contributed by atoms with Gasteiger partial charge in [-0.15, -0.1) is 0 Å². The molecule has 6 heteroatoms. The van der Waals surface area contributed by atoms with Gasteiger partial charge in [-0.1, -0.05) is 25.1 Å². The maximum absolute atomic E-state index is 13.1. The number of benzene rings is 3. The highest BCUT2D eigenvalue weighted by atomic mass is 19.1. The standard InChI is InChI=1S/C25H22FN3O2/c1-2-14-29-22-13-12-21(28-24(30)17-8-10-19(26)11-9-17)15-18(22)16-23(29)25(31)27-20-6-4-3-5-7-20/h3-13,15-16H,2,14H2,1H3,(H,27,31)(H,28,30). The molecule has 3 aromatic carbocycles. The van der Waals surface area contributed by atoms with Crippen LogP contribution in [0.3, 0.4) is 0 Å². The Morgan fingerprint density at radius 1 is 0.839 bits per heavy atom. The number of hydrogen-bond donors (Lipinski definition) is 2. The Labute approximate surface area is 179 Å². The normalized spacial score (nSPS) is 10.8. The molecule has 2 N–H and O–H groups in total. The Hall–Kier alpha value is -3.93. The van der Waals surface area contributed by atoms with Crippen LogP contribution in [0.1, 0.15) is 34.2 Å². The molecule has 1 heterocycles. The van der Waals surface area contributed by atoms with Crippen LogP contribution in [0.15, 0.2) is 78.9 Å². The lowest BCUT2D eigenvalue weighted by Gasteiger charge is -2.10. The van der Waals surface area contributed by atoms with E-state index in [1.807, 2.05) is 53.1 Å². The van der Waals surface area contributed by atoms with Crippen LogP contribution in [0.5, 0.6) is 0 Å². The lowest BCUT2D eigenvalue weighted by Crippen LogP contribution is -2.17. The van der Waals surface area contributed by atoms with Crippen molar-refractivity contribution < 1.29 is 14.0 Å². The van der Waals surface area contributed by atoms with Crippen LogP contribution in [0.25, 0.3) is 10.9 Å². The van der Waals surface area contributed by atoms with Crippen molar-refractivity contribution in [1.82, 2.24) is 4.57 Å². The zero-order valence-corrected chi connectivity index (χ0v) is 17.1. The molecule has 0 spiro atoms. The Morgan fingerprint density at radius 3 is 2.26 bits per heavy atom. The third kappa shape index (κ3) is 4.48. The Bertz CT molecular complexity index is 1230. The number of amides is 2. The second-order valence-corrected chi connectivity index (χ2v) is 7.24. The number of para-hydroxylation sites is 1. The fraction of sp³-hybridized carbons (Fsp3) is 0.120. The number of halogens is 1. The fourth-order valence-electron chi connectivity index (χ4n) is 3.52. The van der Waals surface area contributed by atoms with Crippen molar-refractivity contribution in [2.45, 2.75) is 19.9 Å². The molecule has 5 nitrogen and oxygen atoms in total. The highest BCUT2D eigenvalue weighted by molar-refractivity contribution is 6.08. The number of nitrogens with one attached hydrogen (secondary N) is 2. The highest BCUT2D eigenvalue weighted by Crippen LogP contribution is 2.25. The maximum atomic E-state index is 13.1. The number of nitrogens with zero attached hydrogens (tertiary/aromatic N) is 1. The first-order chi connectivity index (χ1) is 15.0. The Balaban J connectivity index is 1.62. The summed E-state index contributed by atoms with van der Waals surface area (Å²) >= 11 is 0.